The highest BCUT2D eigenvalue weighted by atomic mass is 32.2. The van der Waals surface area contributed by atoms with E-state index in [2.05, 4.69) is 5.32 Å². The van der Waals surface area contributed by atoms with Gasteiger partial charge in [0.15, 0.2) is 11.5 Å². The fraction of sp³-hybridized carbons (Fsp3) is 0.381. The number of carbonyl (C=O) groups is 1. The van der Waals surface area contributed by atoms with Crippen LogP contribution in [0.3, 0.4) is 0 Å². The molecule has 0 spiro atoms. The van der Waals surface area contributed by atoms with E-state index in [0.717, 1.165) is 6.26 Å². The summed E-state index contributed by atoms with van der Waals surface area (Å²) in [7, 11) is -2.30. The highest BCUT2D eigenvalue weighted by Gasteiger charge is 2.20. The van der Waals surface area contributed by atoms with Crippen molar-refractivity contribution in [1.29, 1.82) is 0 Å². The van der Waals surface area contributed by atoms with Crippen molar-refractivity contribution in [2.24, 2.45) is 0 Å². The second-order valence-corrected chi connectivity index (χ2v) is 8.43. The Balaban J connectivity index is 2.25. The van der Waals surface area contributed by atoms with Gasteiger partial charge in [0.2, 0.25) is 0 Å². The van der Waals surface area contributed by atoms with Gasteiger partial charge in [0.05, 0.1) is 25.7 Å². The topological polar surface area (TPSA) is 94.2 Å². The van der Waals surface area contributed by atoms with Crippen molar-refractivity contribution in [2.45, 2.75) is 33.4 Å². The number of nitrogens with zero attached hydrogens (tertiary/aromatic N) is 1. The molecule has 0 heterocycles. The zero-order chi connectivity index (χ0) is 22.3. The van der Waals surface area contributed by atoms with Crippen LogP contribution in [-0.4, -0.2) is 45.4 Å². The van der Waals surface area contributed by atoms with Gasteiger partial charge in [-0.25, -0.2) is 4.79 Å². The molecule has 0 aliphatic rings. The van der Waals surface area contributed by atoms with Gasteiger partial charge < -0.3 is 23.9 Å². The molecule has 0 atom stereocenters. The minimum Gasteiger partial charge on any atom is -0.493 e. The summed E-state index contributed by atoms with van der Waals surface area (Å²) < 4.78 is 38.8. The average Bonchev–Trinajstić information content (AvgIpc) is 2.66. The van der Waals surface area contributed by atoms with E-state index in [4.69, 9.17) is 13.7 Å². The van der Waals surface area contributed by atoms with Crippen LogP contribution in [0.4, 0.5) is 10.5 Å². The summed E-state index contributed by atoms with van der Waals surface area (Å²) in [5.74, 6) is 0.948. The van der Waals surface area contributed by atoms with Gasteiger partial charge in [-0.3, -0.25) is 0 Å². The Morgan fingerprint density at radius 2 is 1.80 bits per heavy atom. The largest absolute Gasteiger partial charge is 0.493 e. The molecule has 30 heavy (non-hydrogen) atoms. The van der Waals surface area contributed by atoms with Crippen LogP contribution in [0.15, 0.2) is 42.5 Å². The lowest BCUT2D eigenvalue weighted by atomic mass is 10.1. The number of ether oxygens (including phenoxy) is 2. The molecule has 2 amide bonds. The van der Waals surface area contributed by atoms with E-state index in [0.29, 0.717) is 23.6 Å². The van der Waals surface area contributed by atoms with E-state index in [1.807, 2.05) is 32.9 Å². The number of para-hydroxylation sites is 2. The summed E-state index contributed by atoms with van der Waals surface area (Å²) in [4.78, 5) is 14.6. The number of nitrogens with one attached hydrogen (secondary N) is 1. The van der Waals surface area contributed by atoms with Crippen LogP contribution in [0.2, 0.25) is 0 Å². The van der Waals surface area contributed by atoms with E-state index in [1.165, 1.54) is 7.11 Å². The Morgan fingerprint density at radius 1 is 1.10 bits per heavy atom. The van der Waals surface area contributed by atoms with Gasteiger partial charge in [-0.05, 0) is 50.6 Å². The number of rotatable bonds is 9. The summed E-state index contributed by atoms with van der Waals surface area (Å²) in [6.07, 6.45) is 0.961. The molecule has 0 fully saturated rings. The molecule has 8 nitrogen and oxygen atoms in total. The molecule has 164 valence electrons. The number of urea groups is 1. The quantitative estimate of drug-likeness (QED) is 0.600. The molecule has 0 aliphatic carbocycles. The Bertz CT molecular complexity index is 975. The fourth-order valence-electron chi connectivity index (χ4n) is 2.77. The Labute approximate surface area is 177 Å². The highest BCUT2D eigenvalue weighted by Crippen LogP contribution is 2.30. The van der Waals surface area contributed by atoms with E-state index >= 15 is 0 Å². The van der Waals surface area contributed by atoms with Gasteiger partial charge in [-0.15, -0.1) is 0 Å². The third kappa shape index (κ3) is 6.55. The average molecular weight is 437 g/mol. The predicted molar refractivity (Wildman–Crippen MR) is 116 cm³/mol. The summed E-state index contributed by atoms with van der Waals surface area (Å²) >= 11 is 0. The smallest absolute Gasteiger partial charge is 0.322 e. The van der Waals surface area contributed by atoms with E-state index in [-0.39, 0.29) is 30.1 Å². The fourth-order valence-corrected chi connectivity index (χ4v) is 3.23. The minimum atomic E-state index is -3.73. The lowest BCUT2D eigenvalue weighted by molar-refractivity contribution is 0.193. The second-order valence-electron chi connectivity index (χ2n) is 6.85. The molecule has 0 aliphatic heterocycles. The maximum atomic E-state index is 13.0. The number of methoxy groups -OCH3 is 1. The van der Waals surface area contributed by atoms with Crippen LogP contribution < -0.4 is 19.0 Å². The van der Waals surface area contributed by atoms with E-state index in [1.54, 1.807) is 35.2 Å². The van der Waals surface area contributed by atoms with Gasteiger partial charge >= 0.3 is 16.1 Å². The second kappa shape index (κ2) is 10.2. The molecule has 9 heteroatoms. The maximum absolute atomic E-state index is 13.0. The van der Waals surface area contributed by atoms with Gasteiger partial charge in [0.25, 0.3) is 0 Å². The highest BCUT2D eigenvalue weighted by molar-refractivity contribution is 7.86. The molecule has 2 aromatic rings. The van der Waals surface area contributed by atoms with Crippen molar-refractivity contribution in [1.82, 2.24) is 4.90 Å². The van der Waals surface area contributed by atoms with Gasteiger partial charge in [0.1, 0.15) is 5.75 Å². The molecule has 0 radical (unpaired) electrons. The number of amides is 2. The van der Waals surface area contributed by atoms with Crippen molar-refractivity contribution >= 4 is 21.8 Å². The lowest BCUT2D eigenvalue weighted by Crippen LogP contribution is -2.39. The third-order valence-electron chi connectivity index (χ3n) is 4.13. The number of hydrogen-bond acceptors (Lipinski definition) is 6. The van der Waals surface area contributed by atoms with Crippen LogP contribution in [0.1, 0.15) is 26.3 Å². The van der Waals surface area contributed by atoms with Crippen molar-refractivity contribution in [3.63, 3.8) is 0 Å². The molecule has 2 aromatic carbocycles. The van der Waals surface area contributed by atoms with Crippen LogP contribution in [-0.2, 0) is 16.7 Å². The minimum absolute atomic E-state index is 0.0725. The molecule has 0 saturated carbocycles. The van der Waals surface area contributed by atoms with Crippen LogP contribution >= 0.6 is 0 Å². The monoisotopic (exact) mass is 436 g/mol. The van der Waals surface area contributed by atoms with Crippen molar-refractivity contribution < 1.29 is 26.9 Å². The number of hydrogen-bond donors (Lipinski definition) is 1. The SMILES string of the molecule is CCOc1ccccc1NC(=O)N(Cc1ccc(OC)c(OS(C)(=O)=O)c1)C(C)C. The first-order chi connectivity index (χ1) is 14.1. The first-order valence-electron chi connectivity index (χ1n) is 9.50. The number of carbonyl (C=O) groups excluding carboxylic acids is 1. The summed E-state index contributed by atoms with van der Waals surface area (Å²) in [5.41, 5.74) is 1.27. The third-order valence-corrected chi connectivity index (χ3v) is 4.62. The van der Waals surface area contributed by atoms with Crippen molar-refractivity contribution in [3.05, 3.63) is 48.0 Å². The molecule has 0 unspecified atom stereocenters. The van der Waals surface area contributed by atoms with E-state index in [9.17, 15) is 13.2 Å². The lowest BCUT2D eigenvalue weighted by Gasteiger charge is -2.27. The van der Waals surface area contributed by atoms with Crippen molar-refractivity contribution in [3.8, 4) is 17.2 Å². The summed E-state index contributed by atoms with van der Waals surface area (Å²) in [6, 6.07) is 11.7. The maximum Gasteiger partial charge on any atom is 0.322 e. The van der Waals surface area contributed by atoms with Gasteiger partial charge in [0, 0.05) is 12.6 Å². The zero-order valence-corrected chi connectivity index (χ0v) is 18.7. The van der Waals surface area contributed by atoms with E-state index < -0.39 is 10.1 Å². The molecular weight excluding hydrogens is 408 g/mol. The summed E-state index contributed by atoms with van der Waals surface area (Å²) in [5, 5.41) is 2.88. The van der Waals surface area contributed by atoms with Gasteiger partial charge in [-0.1, -0.05) is 18.2 Å². The van der Waals surface area contributed by atoms with Crippen LogP contribution in [0.25, 0.3) is 0 Å². The first-order valence-corrected chi connectivity index (χ1v) is 11.3. The zero-order valence-electron chi connectivity index (χ0n) is 17.8. The Morgan fingerprint density at radius 3 is 2.40 bits per heavy atom. The number of anilines is 1. The molecular formula is C21H28N2O6S. The first kappa shape index (κ1) is 23.3. The van der Waals surface area contributed by atoms with Crippen LogP contribution in [0, 0.1) is 0 Å². The molecule has 0 aromatic heterocycles. The Hall–Kier alpha value is -2.94. The molecule has 0 saturated heterocycles. The standard InChI is InChI=1S/C21H28N2O6S/c1-6-28-18-10-8-7-9-17(18)22-21(24)23(15(2)3)14-16-11-12-19(27-4)20(13-16)29-30(5,25)26/h7-13,15H,6,14H2,1-5H3,(H,22,24). The number of benzene rings is 2. The Kier molecular flexibility index (Phi) is 7.93. The normalized spacial score (nSPS) is 11.1. The molecule has 2 rings (SSSR count). The predicted octanol–water partition coefficient (Wildman–Crippen LogP) is 3.87. The van der Waals surface area contributed by atoms with Crippen LogP contribution in [0.5, 0.6) is 17.2 Å². The molecule has 1 N–H and O–H groups in total. The summed E-state index contributed by atoms with van der Waals surface area (Å²) in [6.45, 7) is 6.38. The van der Waals surface area contributed by atoms with Gasteiger partial charge in [-0.2, -0.15) is 8.42 Å². The molecule has 0 bridgehead atoms. The van der Waals surface area contributed by atoms with Crippen molar-refractivity contribution in [2.75, 3.05) is 25.3 Å².